The molecule has 5 nitrogen and oxygen atoms in total. The highest BCUT2D eigenvalue weighted by molar-refractivity contribution is 9.10. The summed E-state index contributed by atoms with van der Waals surface area (Å²) in [5, 5.41) is 8.49. The van der Waals surface area contributed by atoms with Crippen molar-refractivity contribution in [3.8, 4) is 17.0 Å². The minimum Gasteiger partial charge on any atom is -0.497 e. The zero-order chi connectivity index (χ0) is 19.4. The summed E-state index contributed by atoms with van der Waals surface area (Å²) >= 11 is 16.0. The Hall–Kier alpha value is -2.00. The first kappa shape index (κ1) is 19.8. The van der Waals surface area contributed by atoms with E-state index in [2.05, 4.69) is 31.5 Å². The van der Waals surface area contributed by atoms with Crippen molar-refractivity contribution >= 4 is 67.2 Å². The predicted molar refractivity (Wildman–Crippen MR) is 117 cm³/mol. The summed E-state index contributed by atoms with van der Waals surface area (Å²) in [6, 6.07) is 12.6. The van der Waals surface area contributed by atoms with Gasteiger partial charge in [0.25, 0.3) is 5.91 Å². The van der Waals surface area contributed by atoms with Crippen LogP contribution in [0, 0.1) is 0 Å². The average Bonchev–Trinajstić information content (AvgIpc) is 3.12. The lowest BCUT2D eigenvalue weighted by Gasteiger charge is -2.08. The highest BCUT2D eigenvalue weighted by atomic mass is 79.9. The second-order valence-electron chi connectivity index (χ2n) is 5.30. The maximum Gasteiger partial charge on any atom is 0.258 e. The van der Waals surface area contributed by atoms with Gasteiger partial charge in [-0.1, -0.05) is 27.5 Å². The number of aromatic nitrogens is 1. The summed E-state index contributed by atoms with van der Waals surface area (Å²) < 4.78 is 5.90. The van der Waals surface area contributed by atoms with E-state index in [4.69, 9.17) is 28.6 Å². The molecule has 1 heterocycles. The molecule has 0 saturated carbocycles. The number of ether oxygens (including phenoxy) is 1. The van der Waals surface area contributed by atoms with Crippen LogP contribution in [0.1, 0.15) is 10.4 Å². The number of hydrogen-bond acceptors (Lipinski definition) is 5. The molecule has 2 N–H and O–H groups in total. The second kappa shape index (κ2) is 8.79. The number of thiazole rings is 1. The number of hydrogen-bond donors (Lipinski definition) is 2. The van der Waals surface area contributed by atoms with Crippen LogP contribution in [0.15, 0.2) is 52.3 Å². The molecule has 1 amide bonds. The molecule has 0 aliphatic rings. The maximum absolute atomic E-state index is 12.3. The van der Waals surface area contributed by atoms with E-state index in [1.165, 1.54) is 11.3 Å². The number of nitrogens with one attached hydrogen (secondary N) is 2. The Labute approximate surface area is 178 Å². The Morgan fingerprint density at radius 3 is 2.70 bits per heavy atom. The molecule has 0 bridgehead atoms. The van der Waals surface area contributed by atoms with Crippen molar-refractivity contribution in [2.24, 2.45) is 0 Å². The van der Waals surface area contributed by atoms with Crippen LogP contribution in [-0.2, 0) is 0 Å². The molecule has 27 heavy (non-hydrogen) atoms. The Bertz CT molecular complexity index is 993. The Morgan fingerprint density at radius 2 is 2.00 bits per heavy atom. The minimum atomic E-state index is -0.397. The van der Waals surface area contributed by atoms with Gasteiger partial charge in [-0.15, -0.1) is 11.3 Å². The largest absolute Gasteiger partial charge is 0.497 e. The van der Waals surface area contributed by atoms with Gasteiger partial charge in [0.15, 0.2) is 10.2 Å². The number of nitrogens with zero attached hydrogens (tertiary/aromatic N) is 1. The number of anilines is 1. The fourth-order valence-electron chi connectivity index (χ4n) is 2.20. The second-order valence-corrected chi connectivity index (χ2v) is 7.89. The summed E-state index contributed by atoms with van der Waals surface area (Å²) in [5.41, 5.74) is 2.08. The van der Waals surface area contributed by atoms with E-state index in [0.717, 1.165) is 21.5 Å². The molecule has 3 rings (SSSR count). The van der Waals surface area contributed by atoms with E-state index in [1.54, 1.807) is 25.3 Å². The Balaban J connectivity index is 1.65. The predicted octanol–water partition coefficient (Wildman–Crippen LogP) is 5.36. The molecule has 9 heteroatoms. The van der Waals surface area contributed by atoms with Gasteiger partial charge in [0.2, 0.25) is 0 Å². The van der Waals surface area contributed by atoms with Gasteiger partial charge in [-0.25, -0.2) is 4.98 Å². The van der Waals surface area contributed by atoms with Crippen LogP contribution in [0.4, 0.5) is 5.13 Å². The lowest BCUT2D eigenvalue weighted by atomic mass is 10.2. The molecule has 138 valence electrons. The van der Waals surface area contributed by atoms with Crippen LogP contribution in [0.3, 0.4) is 0 Å². The molecule has 0 aliphatic heterocycles. The summed E-state index contributed by atoms with van der Waals surface area (Å²) in [6.07, 6.45) is 0. The van der Waals surface area contributed by atoms with E-state index in [1.807, 2.05) is 29.6 Å². The lowest BCUT2D eigenvalue weighted by molar-refractivity contribution is 0.0978. The van der Waals surface area contributed by atoms with Crippen molar-refractivity contribution in [1.82, 2.24) is 10.3 Å². The number of methoxy groups -OCH3 is 1. The molecule has 0 saturated heterocycles. The van der Waals surface area contributed by atoms with Crippen molar-refractivity contribution in [3.63, 3.8) is 0 Å². The smallest absolute Gasteiger partial charge is 0.258 e. The standard InChI is InChI=1S/C18H13BrClN3O2S2/c1-25-12-5-2-10(3-6-12)15-9-27-18(21-15)23-17(26)22-16(24)13-8-11(19)4-7-14(13)20/h2-9H,1H3,(H2,21,22,23,24,26). The number of benzene rings is 2. The zero-order valence-electron chi connectivity index (χ0n) is 14.0. The molecule has 0 spiro atoms. The maximum atomic E-state index is 12.3. The topological polar surface area (TPSA) is 63.2 Å². The van der Waals surface area contributed by atoms with Gasteiger partial charge in [0, 0.05) is 15.4 Å². The van der Waals surface area contributed by atoms with E-state index >= 15 is 0 Å². The first-order valence-corrected chi connectivity index (χ1v) is 10.1. The molecular weight excluding hydrogens is 470 g/mol. The van der Waals surface area contributed by atoms with Crippen molar-refractivity contribution in [1.29, 1.82) is 0 Å². The Kier molecular flexibility index (Phi) is 6.43. The highest BCUT2D eigenvalue weighted by Crippen LogP contribution is 2.26. The normalized spacial score (nSPS) is 10.3. The number of thiocarbonyl (C=S) groups is 1. The van der Waals surface area contributed by atoms with Gasteiger partial charge in [0.05, 0.1) is 23.4 Å². The molecule has 0 atom stereocenters. The average molecular weight is 483 g/mol. The van der Waals surface area contributed by atoms with Gasteiger partial charge in [-0.2, -0.15) is 0 Å². The van der Waals surface area contributed by atoms with Gasteiger partial charge >= 0.3 is 0 Å². The SMILES string of the molecule is COc1ccc(-c2csc(NC(=S)NC(=O)c3cc(Br)ccc3Cl)n2)cc1. The van der Waals surface area contributed by atoms with Crippen LogP contribution >= 0.6 is 51.1 Å². The number of carbonyl (C=O) groups excluding carboxylic acids is 1. The van der Waals surface area contributed by atoms with Gasteiger partial charge in [0.1, 0.15) is 5.75 Å². The third-order valence-electron chi connectivity index (χ3n) is 3.51. The molecule has 0 unspecified atom stereocenters. The van der Waals surface area contributed by atoms with Crippen LogP contribution in [-0.4, -0.2) is 23.1 Å². The third-order valence-corrected chi connectivity index (χ3v) is 5.30. The fourth-order valence-corrected chi connectivity index (χ4v) is 3.74. The molecule has 3 aromatic rings. The van der Waals surface area contributed by atoms with Crippen LogP contribution in [0.2, 0.25) is 5.02 Å². The number of amides is 1. The van der Waals surface area contributed by atoms with E-state index < -0.39 is 5.91 Å². The summed E-state index contributed by atoms with van der Waals surface area (Å²) in [5.74, 6) is 0.383. The minimum absolute atomic E-state index is 0.145. The zero-order valence-corrected chi connectivity index (χ0v) is 17.9. The van der Waals surface area contributed by atoms with Gasteiger partial charge in [-0.05, 0) is 54.7 Å². The van der Waals surface area contributed by atoms with Gasteiger partial charge < -0.3 is 10.1 Å². The molecule has 0 radical (unpaired) electrons. The van der Waals surface area contributed by atoms with Gasteiger partial charge in [-0.3, -0.25) is 10.1 Å². The molecule has 0 aliphatic carbocycles. The van der Waals surface area contributed by atoms with Crippen LogP contribution in [0.25, 0.3) is 11.3 Å². The van der Waals surface area contributed by atoms with Crippen molar-refractivity contribution in [2.45, 2.75) is 0 Å². The van der Waals surface area contributed by atoms with Crippen LogP contribution < -0.4 is 15.4 Å². The van der Waals surface area contributed by atoms with E-state index in [0.29, 0.717) is 15.7 Å². The monoisotopic (exact) mass is 481 g/mol. The van der Waals surface area contributed by atoms with Crippen molar-refractivity contribution < 1.29 is 9.53 Å². The molecule has 2 aromatic carbocycles. The number of carbonyl (C=O) groups is 1. The van der Waals surface area contributed by atoms with Crippen molar-refractivity contribution in [2.75, 3.05) is 12.4 Å². The van der Waals surface area contributed by atoms with Crippen molar-refractivity contribution in [3.05, 3.63) is 62.9 Å². The Morgan fingerprint density at radius 1 is 1.26 bits per heavy atom. The summed E-state index contributed by atoms with van der Waals surface area (Å²) in [4.78, 5) is 16.8. The number of rotatable bonds is 4. The first-order chi connectivity index (χ1) is 13.0. The quantitative estimate of drug-likeness (QED) is 0.490. The molecule has 0 fully saturated rings. The first-order valence-electron chi connectivity index (χ1n) is 7.63. The summed E-state index contributed by atoms with van der Waals surface area (Å²) in [6.45, 7) is 0. The lowest BCUT2D eigenvalue weighted by Crippen LogP contribution is -2.34. The van der Waals surface area contributed by atoms with E-state index in [-0.39, 0.29) is 5.11 Å². The molecular formula is C18H13BrClN3O2S2. The van der Waals surface area contributed by atoms with E-state index in [9.17, 15) is 4.79 Å². The number of halogens is 2. The third kappa shape index (κ3) is 5.04. The molecule has 1 aromatic heterocycles. The summed E-state index contributed by atoms with van der Waals surface area (Å²) in [7, 11) is 1.62. The fraction of sp³-hybridized carbons (Fsp3) is 0.0556. The van der Waals surface area contributed by atoms with Crippen LogP contribution in [0.5, 0.6) is 5.75 Å². The highest BCUT2D eigenvalue weighted by Gasteiger charge is 2.13.